The number of aliphatic hydroxyl groups is 1. The van der Waals surface area contributed by atoms with Crippen LogP contribution < -0.4 is 9.47 Å². The molecule has 1 heterocycles. The highest BCUT2D eigenvalue weighted by Crippen LogP contribution is 2.45. The maximum atomic E-state index is 11.7. The molecule has 1 fully saturated rings. The van der Waals surface area contributed by atoms with Crippen molar-refractivity contribution in [2.24, 2.45) is 5.41 Å². The minimum absolute atomic E-state index is 0.0872. The number of nitrogens with zero attached hydrogens (tertiary/aromatic N) is 1. The number of ether oxygens (including phenoxy) is 2. The first kappa shape index (κ1) is 15.6. The minimum Gasteiger partial charge on any atom is -0.497 e. The highest BCUT2D eigenvalue weighted by atomic mass is 32.2. The molecule has 1 aliphatic rings. The fourth-order valence-electron chi connectivity index (χ4n) is 2.58. The molecule has 1 N–H and O–H groups in total. The molecular formula is C14H17NO5S. The Morgan fingerprint density at radius 2 is 2.10 bits per heavy atom. The van der Waals surface area contributed by atoms with Crippen molar-refractivity contribution in [3.05, 3.63) is 23.8 Å². The van der Waals surface area contributed by atoms with E-state index in [-0.39, 0.29) is 17.9 Å². The summed E-state index contributed by atoms with van der Waals surface area (Å²) < 4.78 is 33.7. The molecular weight excluding hydrogens is 294 g/mol. The Morgan fingerprint density at radius 1 is 1.38 bits per heavy atom. The van der Waals surface area contributed by atoms with E-state index in [1.54, 1.807) is 18.2 Å². The lowest BCUT2D eigenvalue weighted by atomic mass is 9.79. The zero-order chi connectivity index (χ0) is 15.7. The third-order valence-corrected chi connectivity index (χ3v) is 5.60. The molecule has 2 rings (SSSR count). The lowest BCUT2D eigenvalue weighted by Crippen LogP contribution is -2.29. The van der Waals surface area contributed by atoms with Crippen LogP contribution in [0.25, 0.3) is 0 Å². The van der Waals surface area contributed by atoms with E-state index in [0.29, 0.717) is 17.1 Å². The largest absolute Gasteiger partial charge is 0.497 e. The SMILES string of the molecule is COc1ccc(C(O)C2(C#N)CCS(=O)(=O)C2)c(OC)c1. The van der Waals surface area contributed by atoms with Gasteiger partial charge in [0.25, 0.3) is 0 Å². The van der Waals surface area contributed by atoms with Crippen molar-refractivity contribution in [3.8, 4) is 17.6 Å². The van der Waals surface area contributed by atoms with Gasteiger partial charge in [0, 0.05) is 11.6 Å². The molecule has 7 heteroatoms. The van der Waals surface area contributed by atoms with Gasteiger partial charge in [0.05, 0.1) is 31.8 Å². The summed E-state index contributed by atoms with van der Waals surface area (Å²) in [5.41, 5.74) is -0.947. The molecule has 114 valence electrons. The number of methoxy groups -OCH3 is 2. The molecule has 0 spiro atoms. The molecule has 0 aliphatic carbocycles. The molecule has 0 radical (unpaired) electrons. The van der Waals surface area contributed by atoms with Gasteiger partial charge in [-0.15, -0.1) is 0 Å². The molecule has 0 amide bonds. The Morgan fingerprint density at radius 3 is 2.57 bits per heavy atom. The maximum absolute atomic E-state index is 11.7. The molecule has 1 saturated heterocycles. The molecule has 1 aliphatic heterocycles. The molecule has 21 heavy (non-hydrogen) atoms. The lowest BCUT2D eigenvalue weighted by Gasteiger charge is -2.27. The van der Waals surface area contributed by atoms with Crippen LogP contribution in [0.4, 0.5) is 0 Å². The first-order valence-electron chi connectivity index (χ1n) is 6.39. The van der Waals surface area contributed by atoms with E-state index in [1.807, 2.05) is 6.07 Å². The van der Waals surface area contributed by atoms with Gasteiger partial charge < -0.3 is 14.6 Å². The molecule has 0 bridgehead atoms. The first-order chi connectivity index (χ1) is 9.87. The van der Waals surface area contributed by atoms with E-state index in [4.69, 9.17) is 9.47 Å². The number of benzene rings is 1. The van der Waals surface area contributed by atoms with Crippen LogP contribution in [0.2, 0.25) is 0 Å². The van der Waals surface area contributed by atoms with Crippen LogP contribution in [0.5, 0.6) is 11.5 Å². The number of nitriles is 1. The van der Waals surface area contributed by atoms with Gasteiger partial charge in [-0.3, -0.25) is 0 Å². The van der Waals surface area contributed by atoms with Crippen molar-refractivity contribution >= 4 is 9.84 Å². The van der Waals surface area contributed by atoms with Crippen LogP contribution >= 0.6 is 0 Å². The smallest absolute Gasteiger partial charge is 0.152 e. The average Bonchev–Trinajstić information content (AvgIpc) is 2.82. The van der Waals surface area contributed by atoms with Gasteiger partial charge in [0.15, 0.2) is 9.84 Å². The lowest BCUT2D eigenvalue weighted by molar-refractivity contribution is 0.0768. The Hall–Kier alpha value is -1.78. The Balaban J connectivity index is 2.44. The van der Waals surface area contributed by atoms with Gasteiger partial charge in [0.1, 0.15) is 23.0 Å². The summed E-state index contributed by atoms with van der Waals surface area (Å²) in [7, 11) is -0.354. The normalized spacial score (nSPS) is 25.0. The van der Waals surface area contributed by atoms with Gasteiger partial charge in [-0.05, 0) is 18.6 Å². The predicted molar refractivity (Wildman–Crippen MR) is 75.8 cm³/mol. The third-order valence-electron chi connectivity index (χ3n) is 3.82. The quantitative estimate of drug-likeness (QED) is 0.893. The minimum atomic E-state index is -3.30. The molecule has 0 aromatic heterocycles. The van der Waals surface area contributed by atoms with Crippen molar-refractivity contribution in [2.45, 2.75) is 12.5 Å². The van der Waals surface area contributed by atoms with Gasteiger partial charge in [-0.1, -0.05) is 0 Å². The topological polar surface area (TPSA) is 96.6 Å². The van der Waals surface area contributed by atoms with Crippen LogP contribution in [-0.4, -0.2) is 39.2 Å². The van der Waals surface area contributed by atoms with Crippen molar-refractivity contribution in [2.75, 3.05) is 25.7 Å². The maximum Gasteiger partial charge on any atom is 0.152 e. The number of aliphatic hydroxyl groups excluding tert-OH is 1. The van der Waals surface area contributed by atoms with E-state index >= 15 is 0 Å². The first-order valence-corrected chi connectivity index (χ1v) is 8.21. The summed E-state index contributed by atoms with van der Waals surface area (Å²) in [5, 5.41) is 20.0. The summed E-state index contributed by atoms with van der Waals surface area (Å²) in [5.74, 6) is 0.483. The second-order valence-electron chi connectivity index (χ2n) is 5.12. The number of rotatable bonds is 4. The highest BCUT2D eigenvalue weighted by Gasteiger charge is 2.49. The second-order valence-corrected chi connectivity index (χ2v) is 7.30. The van der Waals surface area contributed by atoms with E-state index in [2.05, 4.69) is 0 Å². The standard InChI is InChI=1S/C14H17NO5S/c1-19-10-3-4-11(12(7-10)20-2)13(16)14(8-15)5-6-21(17,18)9-14/h3-4,7,13,16H,5-6,9H2,1-2H3. The molecule has 2 unspecified atom stereocenters. The molecule has 2 atom stereocenters. The van der Waals surface area contributed by atoms with Crippen molar-refractivity contribution in [3.63, 3.8) is 0 Å². The van der Waals surface area contributed by atoms with Crippen LogP contribution in [0.3, 0.4) is 0 Å². The summed E-state index contributed by atoms with van der Waals surface area (Å²) in [6, 6.07) is 6.81. The summed E-state index contributed by atoms with van der Waals surface area (Å²) >= 11 is 0. The van der Waals surface area contributed by atoms with Crippen LogP contribution in [0.15, 0.2) is 18.2 Å². The monoisotopic (exact) mass is 311 g/mol. The number of sulfone groups is 1. The summed E-state index contributed by atoms with van der Waals surface area (Å²) in [6.45, 7) is 0. The summed E-state index contributed by atoms with van der Waals surface area (Å²) in [4.78, 5) is 0. The fourth-order valence-corrected chi connectivity index (χ4v) is 4.55. The van der Waals surface area contributed by atoms with E-state index in [9.17, 15) is 18.8 Å². The van der Waals surface area contributed by atoms with Crippen LogP contribution in [0.1, 0.15) is 18.1 Å². The van der Waals surface area contributed by atoms with Crippen LogP contribution in [0, 0.1) is 16.7 Å². The zero-order valence-electron chi connectivity index (χ0n) is 11.9. The number of hydrogen-bond acceptors (Lipinski definition) is 6. The van der Waals surface area contributed by atoms with Gasteiger partial charge in [-0.25, -0.2) is 8.42 Å². The zero-order valence-corrected chi connectivity index (χ0v) is 12.7. The fraction of sp³-hybridized carbons (Fsp3) is 0.500. The van der Waals surface area contributed by atoms with Crippen molar-refractivity contribution in [1.29, 1.82) is 5.26 Å². The molecule has 6 nitrogen and oxygen atoms in total. The van der Waals surface area contributed by atoms with Gasteiger partial charge >= 0.3 is 0 Å². The third kappa shape index (κ3) is 2.82. The van der Waals surface area contributed by atoms with Gasteiger partial charge in [-0.2, -0.15) is 5.26 Å². The van der Waals surface area contributed by atoms with E-state index in [0.717, 1.165) is 0 Å². The molecule has 0 saturated carbocycles. The second kappa shape index (κ2) is 5.54. The number of hydrogen-bond donors (Lipinski definition) is 1. The Kier molecular flexibility index (Phi) is 4.12. The molecule has 1 aromatic rings. The van der Waals surface area contributed by atoms with Crippen LogP contribution in [-0.2, 0) is 9.84 Å². The summed E-state index contributed by atoms with van der Waals surface area (Å²) in [6.07, 6.45) is -1.12. The Labute approximate surface area is 123 Å². The average molecular weight is 311 g/mol. The predicted octanol–water partition coefficient (Wildman–Crippen LogP) is 1.07. The van der Waals surface area contributed by atoms with E-state index < -0.39 is 21.4 Å². The van der Waals surface area contributed by atoms with Gasteiger partial charge in [0.2, 0.25) is 0 Å². The van der Waals surface area contributed by atoms with E-state index in [1.165, 1.54) is 14.2 Å². The van der Waals surface area contributed by atoms with Crippen molar-refractivity contribution in [1.82, 2.24) is 0 Å². The Bertz CT molecular complexity index is 679. The molecule has 1 aromatic carbocycles. The van der Waals surface area contributed by atoms with Crippen molar-refractivity contribution < 1.29 is 23.0 Å². The highest BCUT2D eigenvalue weighted by molar-refractivity contribution is 7.91.